The molecular weight excluding hydrogens is 711 g/mol. The van der Waals surface area contributed by atoms with Crippen LogP contribution in [0.25, 0.3) is 77.5 Å². The summed E-state index contributed by atoms with van der Waals surface area (Å²) in [6, 6.07) is 89.9. The fraction of sp³-hybridized carbons (Fsp3) is 0. The third-order valence-corrected chi connectivity index (χ3v) is 11.3. The zero-order valence-electron chi connectivity index (χ0n) is 32.6. The van der Waals surface area contributed by atoms with Gasteiger partial charge in [0.05, 0.1) is 11.4 Å². The fourth-order valence-corrected chi connectivity index (χ4v) is 8.40. The molecule has 1 heteroatoms. The van der Waals surface area contributed by atoms with Crippen LogP contribution in [0, 0.1) is 0 Å². The highest BCUT2D eigenvalue weighted by molar-refractivity contribution is 5.99. The number of hydrogen-bond donors (Lipinski definition) is 0. The lowest BCUT2D eigenvalue weighted by molar-refractivity contribution is 1.28. The fourth-order valence-electron chi connectivity index (χ4n) is 8.40. The molecule has 0 aromatic heterocycles. The Balaban J connectivity index is 1.14. The number of nitrogens with zero attached hydrogens (tertiary/aromatic N) is 1. The smallest absolute Gasteiger partial charge is 0.0540 e. The molecule has 0 atom stereocenters. The summed E-state index contributed by atoms with van der Waals surface area (Å²) >= 11 is 0. The topological polar surface area (TPSA) is 3.24 Å². The first-order valence-electron chi connectivity index (χ1n) is 20.3. The third kappa shape index (κ3) is 7.12. The largest absolute Gasteiger partial charge is 0.309 e. The predicted octanol–water partition coefficient (Wildman–Crippen LogP) is 16.3. The monoisotopic (exact) mass is 751 g/mol. The van der Waals surface area contributed by atoms with E-state index in [1.165, 1.54) is 60.8 Å². The van der Waals surface area contributed by atoms with E-state index in [2.05, 4.69) is 254 Å². The molecule has 0 saturated heterocycles. The lowest BCUT2D eigenvalue weighted by Gasteiger charge is -2.30. The van der Waals surface area contributed by atoms with E-state index in [1.54, 1.807) is 0 Å². The van der Waals surface area contributed by atoms with Crippen LogP contribution in [0.5, 0.6) is 0 Å². The molecule has 0 spiro atoms. The average Bonchev–Trinajstić information content (AvgIpc) is 3.33. The van der Waals surface area contributed by atoms with Gasteiger partial charge in [-0.15, -0.1) is 0 Å². The molecule has 1 nitrogen and oxygen atoms in total. The van der Waals surface area contributed by atoms with Crippen LogP contribution in [0.2, 0.25) is 0 Å². The SMILES string of the molecule is c1ccc(-c2ccc(-c3ccccc3N(c3ccc(-c4ccc5ccccc5c4)cc3)c3ccccc3-c3ccccc3-c3ccccc3-c3ccccc3)cc2)cc1. The summed E-state index contributed by atoms with van der Waals surface area (Å²) in [6.07, 6.45) is 0. The molecule has 0 aliphatic carbocycles. The second kappa shape index (κ2) is 16.0. The van der Waals surface area contributed by atoms with E-state index in [1.807, 2.05) is 0 Å². The highest BCUT2D eigenvalue weighted by Crippen LogP contribution is 2.47. The summed E-state index contributed by atoms with van der Waals surface area (Å²) in [4.78, 5) is 2.44. The molecule has 0 unspecified atom stereocenters. The first-order chi connectivity index (χ1) is 29.3. The maximum absolute atomic E-state index is 2.44. The molecular formula is C58H41N. The van der Waals surface area contributed by atoms with Gasteiger partial charge in [0.2, 0.25) is 0 Å². The molecule has 0 aliphatic rings. The highest BCUT2D eigenvalue weighted by Gasteiger charge is 2.22. The van der Waals surface area contributed by atoms with E-state index in [-0.39, 0.29) is 0 Å². The maximum Gasteiger partial charge on any atom is 0.0540 e. The molecule has 0 amide bonds. The molecule has 278 valence electrons. The Hall–Kier alpha value is -7.74. The molecule has 10 aromatic carbocycles. The lowest BCUT2D eigenvalue weighted by Crippen LogP contribution is -2.12. The van der Waals surface area contributed by atoms with Crippen LogP contribution in [-0.4, -0.2) is 0 Å². The van der Waals surface area contributed by atoms with Crippen molar-refractivity contribution in [3.8, 4) is 66.8 Å². The summed E-state index contributed by atoms with van der Waals surface area (Å²) in [7, 11) is 0. The summed E-state index contributed by atoms with van der Waals surface area (Å²) in [5, 5.41) is 2.49. The Labute approximate surface area is 346 Å². The van der Waals surface area contributed by atoms with E-state index in [9.17, 15) is 0 Å². The predicted molar refractivity (Wildman–Crippen MR) is 251 cm³/mol. The minimum atomic E-state index is 1.08. The van der Waals surface area contributed by atoms with Crippen LogP contribution >= 0.6 is 0 Å². The summed E-state index contributed by atoms with van der Waals surface area (Å²) < 4.78 is 0. The van der Waals surface area contributed by atoms with Gasteiger partial charge in [0.25, 0.3) is 0 Å². The molecule has 0 N–H and O–H groups in total. The molecule has 0 aliphatic heterocycles. The number of anilines is 3. The number of para-hydroxylation sites is 2. The van der Waals surface area contributed by atoms with Crippen LogP contribution in [-0.2, 0) is 0 Å². The standard InChI is InChI=1S/C58H41N/c1-3-17-42(18-4-1)44-31-34-47(35-32-44)52-24-13-15-29-57(52)59(50-39-37-45(38-40-50)49-36-33-43-19-7-8-22-48(43)41-49)58-30-16-14-28-56(58)55-27-12-11-26-54(55)53-25-10-9-23-51(53)46-20-5-2-6-21-46/h1-41H. The normalized spacial score (nSPS) is 11.1. The molecule has 0 saturated carbocycles. The van der Waals surface area contributed by atoms with Crippen molar-refractivity contribution in [1.29, 1.82) is 0 Å². The quantitative estimate of drug-likeness (QED) is 0.142. The van der Waals surface area contributed by atoms with Gasteiger partial charge in [0, 0.05) is 16.8 Å². The average molecular weight is 752 g/mol. The Morgan fingerprint density at radius 1 is 0.203 bits per heavy atom. The number of fused-ring (bicyclic) bond motifs is 1. The lowest BCUT2D eigenvalue weighted by atomic mass is 9.88. The Morgan fingerprint density at radius 2 is 0.576 bits per heavy atom. The minimum Gasteiger partial charge on any atom is -0.309 e. The van der Waals surface area contributed by atoms with Gasteiger partial charge in [-0.3, -0.25) is 0 Å². The zero-order valence-corrected chi connectivity index (χ0v) is 32.6. The Morgan fingerprint density at radius 3 is 1.24 bits per heavy atom. The molecule has 0 radical (unpaired) electrons. The van der Waals surface area contributed by atoms with E-state index >= 15 is 0 Å². The third-order valence-electron chi connectivity index (χ3n) is 11.3. The molecule has 0 bridgehead atoms. The van der Waals surface area contributed by atoms with Crippen LogP contribution in [0.3, 0.4) is 0 Å². The molecule has 10 aromatic rings. The second-order valence-corrected chi connectivity index (χ2v) is 14.9. The van der Waals surface area contributed by atoms with Crippen molar-refractivity contribution in [3.63, 3.8) is 0 Å². The Kier molecular flexibility index (Phi) is 9.68. The van der Waals surface area contributed by atoms with Gasteiger partial charge in [-0.05, 0) is 96.7 Å². The second-order valence-electron chi connectivity index (χ2n) is 14.9. The van der Waals surface area contributed by atoms with Crippen LogP contribution in [0.1, 0.15) is 0 Å². The highest BCUT2D eigenvalue weighted by atomic mass is 15.1. The van der Waals surface area contributed by atoms with Crippen molar-refractivity contribution in [2.24, 2.45) is 0 Å². The summed E-state index contributed by atoms with van der Waals surface area (Å²) in [5.41, 5.74) is 17.5. The summed E-state index contributed by atoms with van der Waals surface area (Å²) in [6.45, 7) is 0. The zero-order chi connectivity index (χ0) is 39.4. The van der Waals surface area contributed by atoms with E-state index in [4.69, 9.17) is 0 Å². The van der Waals surface area contributed by atoms with Gasteiger partial charge in [0.15, 0.2) is 0 Å². The molecule has 0 fully saturated rings. The van der Waals surface area contributed by atoms with Crippen LogP contribution in [0.15, 0.2) is 249 Å². The van der Waals surface area contributed by atoms with E-state index in [0.717, 1.165) is 33.8 Å². The number of benzene rings is 10. The van der Waals surface area contributed by atoms with E-state index in [0.29, 0.717) is 0 Å². The Bertz CT molecular complexity index is 3020. The van der Waals surface area contributed by atoms with Crippen LogP contribution in [0.4, 0.5) is 17.1 Å². The molecule has 0 heterocycles. The van der Waals surface area contributed by atoms with Crippen molar-refractivity contribution in [2.75, 3.05) is 4.90 Å². The number of hydrogen-bond acceptors (Lipinski definition) is 1. The molecule has 10 rings (SSSR count). The first-order valence-corrected chi connectivity index (χ1v) is 20.3. The van der Waals surface area contributed by atoms with Crippen molar-refractivity contribution in [2.45, 2.75) is 0 Å². The summed E-state index contributed by atoms with van der Waals surface area (Å²) in [5.74, 6) is 0. The van der Waals surface area contributed by atoms with Crippen molar-refractivity contribution >= 4 is 27.8 Å². The van der Waals surface area contributed by atoms with Gasteiger partial charge >= 0.3 is 0 Å². The van der Waals surface area contributed by atoms with Crippen molar-refractivity contribution in [3.05, 3.63) is 249 Å². The van der Waals surface area contributed by atoms with Gasteiger partial charge in [-0.2, -0.15) is 0 Å². The minimum absolute atomic E-state index is 1.08. The van der Waals surface area contributed by atoms with Gasteiger partial charge in [-0.1, -0.05) is 218 Å². The van der Waals surface area contributed by atoms with Gasteiger partial charge < -0.3 is 4.90 Å². The van der Waals surface area contributed by atoms with Crippen molar-refractivity contribution < 1.29 is 0 Å². The number of rotatable bonds is 9. The van der Waals surface area contributed by atoms with Crippen molar-refractivity contribution in [1.82, 2.24) is 0 Å². The van der Waals surface area contributed by atoms with E-state index < -0.39 is 0 Å². The molecule has 59 heavy (non-hydrogen) atoms. The van der Waals surface area contributed by atoms with Gasteiger partial charge in [-0.25, -0.2) is 0 Å². The maximum atomic E-state index is 2.44. The first kappa shape index (κ1) is 35.7. The van der Waals surface area contributed by atoms with Gasteiger partial charge in [0.1, 0.15) is 0 Å². The van der Waals surface area contributed by atoms with Crippen LogP contribution < -0.4 is 4.90 Å².